The van der Waals surface area contributed by atoms with Crippen LogP contribution in [-0.2, 0) is 14.3 Å². The quantitative estimate of drug-likeness (QED) is 0.235. The molecule has 0 unspecified atom stereocenters. The molecule has 9 nitrogen and oxygen atoms in total. The number of ketones is 1. The Balaban J connectivity index is 4.49. The third-order valence-corrected chi connectivity index (χ3v) is 2.46. The first-order valence-electron chi connectivity index (χ1n) is 5.37. The second kappa shape index (κ2) is 8.15. The Morgan fingerprint density at radius 1 is 0.947 bits per heavy atom. The van der Waals surface area contributed by atoms with Crippen LogP contribution in [0.15, 0.2) is 0 Å². The van der Waals surface area contributed by atoms with Crippen molar-refractivity contribution in [2.24, 2.45) is 0 Å². The lowest BCUT2D eigenvalue weighted by Crippen LogP contribution is -2.50. The van der Waals surface area contributed by atoms with Crippen molar-refractivity contribution in [2.75, 3.05) is 13.7 Å². The predicted molar refractivity (Wildman–Crippen MR) is 59.2 cm³/mol. The van der Waals surface area contributed by atoms with Crippen molar-refractivity contribution < 1.29 is 45.0 Å². The van der Waals surface area contributed by atoms with E-state index in [1.807, 2.05) is 0 Å². The van der Waals surface area contributed by atoms with Gasteiger partial charge in [-0.15, -0.1) is 0 Å². The predicted octanol–water partition coefficient (Wildman–Crippen LogP) is -3.52. The van der Waals surface area contributed by atoms with Gasteiger partial charge in [-0.3, -0.25) is 4.79 Å². The van der Waals surface area contributed by atoms with Crippen molar-refractivity contribution in [2.45, 2.75) is 36.9 Å². The number of hydrogen-bond donors (Lipinski definition) is 6. The number of Topliss-reactive ketones (excluding diaryl/α,β-unsaturated/α-hetero) is 1. The van der Waals surface area contributed by atoms with Crippen LogP contribution in [0, 0.1) is 0 Å². The number of methoxy groups -OCH3 is 1. The molecule has 0 radical (unpaired) electrons. The summed E-state index contributed by atoms with van der Waals surface area (Å²) in [6.07, 6.45) is -10.1. The van der Waals surface area contributed by atoms with E-state index in [1.54, 1.807) is 0 Å². The molecule has 0 aliphatic rings. The number of carboxylic acid groups (broad SMARTS) is 1. The highest BCUT2D eigenvalue weighted by Gasteiger charge is 2.35. The largest absolute Gasteiger partial charge is 0.475 e. The summed E-state index contributed by atoms with van der Waals surface area (Å²) in [7, 11) is 1.24. The molecule has 5 atom stereocenters. The summed E-state index contributed by atoms with van der Waals surface area (Å²) in [5.41, 5.74) is 0. The molecule has 19 heavy (non-hydrogen) atoms. The Bertz CT molecular complexity index is 305. The van der Waals surface area contributed by atoms with E-state index < -0.39 is 48.7 Å². The summed E-state index contributed by atoms with van der Waals surface area (Å²) < 4.78 is 4.51. The van der Waals surface area contributed by atoms with Crippen LogP contribution in [-0.4, -0.2) is 86.6 Å². The Morgan fingerprint density at radius 3 is 1.84 bits per heavy atom. The van der Waals surface area contributed by atoms with E-state index in [0.717, 1.165) is 0 Å². The molecular formula is C10H18O9. The van der Waals surface area contributed by atoms with Crippen LogP contribution < -0.4 is 0 Å². The Kier molecular flexibility index (Phi) is 7.68. The number of ether oxygens (including phenoxy) is 1. The van der Waals surface area contributed by atoms with Gasteiger partial charge in [0.15, 0.2) is 0 Å². The van der Waals surface area contributed by atoms with E-state index in [9.17, 15) is 35.1 Å². The molecule has 9 heteroatoms. The van der Waals surface area contributed by atoms with Crippen LogP contribution in [0.4, 0.5) is 0 Å². The Hall–Kier alpha value is -1.10. The van der Waals surface area contributed by atoms with Crippen LogP contribution >= 0.6 is 0 Å². The first kappa shape index (κ1) is 17.9. The minimum Gasteiger partial charge on any atom is -0.475 e. The molecule has 0 fully saturated rings. The van der Waals surface area contributed by atoms with Gasteiger partial charge in [0, 0.05) is 13.5 Å². The second-order valence-corrected chi connectivity index (χ2v) is 3.99. The van der Waals surface area contributed by atoms with Crippen LogP contribution in [0.2, 0.25) is 0 Å². The lowest BCUT2D eigenvalue weighted by molar-refractivity contribution is -0.156. The zero-order chi connectivity index (χ0) is 15.2. The number of carbonyl (C=O) groups is 2. The molecule has 0 rings (SSSR count). The van der Waals surface area contributed by atoms with Crippen molar-refractivity contribution in [3.63, 3.8) is 0 Å². The molecule has 0 bridgehead atoms. The molecular weight excluding hydrogens is 264 g/mol. The maximum atomic E-state index is 10.8. The molecule has 112 valence electrons. The topological polar surface area (TPSA) is 165 Å². The molecule has 0 heterocycles. The summed E-state index contributed by atoms with van der Waals surface area (Å²) in [5, 5.41) is 55.3. The van der Waals surface area contributed by atoms with E-state index in [0.29, 0.717) is 0 Å². The highest BCUT2D eigenvalue weighted by molar-refractivity contribution is 6.32. The van der Waals surface area contributed by atoms with Gasteiger partial charge >= 0.3 is 5.97 Å². The van der Waals surface area contributed by atoms with Crippen molar-refractivity contribution >= 4 is 11.8 Å². The zero-order valence-corrected chi connectivity index (χ0v) is 10.2. The Morgan fingerprint density at radius 2 is 1.42 bits per heavy atom. The van der Waals surface area contributed by atoms with Crippen LogP contribution in [0.25, 0.3) is 0 Å². The maximum absolute atomic E-state index is 10.8. The maximum Gasteiger partial charge on any atom is 0.372 e. The van der Waals surface area contributed by atoms with Crippen LogP contribution in [0.1, 0.15) is 6.42 Å². The molecule has 0 spiro atoms. The normalized spacial score (nSPS) is 19.3. The summed E-state index contributed by atoms with van der Waals surface area (Å²) in [5.74, 6) is -3.15. The lowest BCUT2D eigenvalue weighted by atomic mass is 9.97. The fraction of sp³-hybridized carbons (Fsp3) is 0.800. The lowest BCUT2D eigenvalue weighted by Gasteiger charge is -2.28. The van der Waals surface area contributed by atoms with Gasteiger partial charge in [-0.25, -0.2) is 4.79 Å². The molecule has 0 aliphatic heterocycles. The highest BCUT2D eigenvalue weighted by Crippen LogP contribution is 2.11. The average molecular weight is 282 g/mol. The number of aliphatic hydroxyl groups excluding tert-OH is 5. The summed E-state index contributed by atoms with van der Waals surface area (Å²) in [6, 6.07) is 0. The fourth-order valence-electron chi connectivity index (χ4n) is 1.32. The first-order valence-corrected chi connectivity index (χ1v) is 5.37. The van der Waals surface area contributed by atoms with Crippen LogP contribution in [0.5, 0.6) is 0 Å². The van der Waals surface area contributed by atoms with Crippen LogP contribution in [0.3, 0.4) is 0 Å². The van der Waals surface area contributed by atoms with Gasteiger partial charge in [0.25, 0.3) is 0 Å². The highest BCUT2D eigenvalue weighted by atomic mass is 16.5. The Labute approximate surface area is 108 Å². The molecule has 0 aromatic heterocycles. The van der Waals surface area contributed by atoms with Gasteiger partial charge in [0.05, 0.1) is 12.7 Å². The number of carbonyl (C=O) groups excluding carboxylic acids is 1. The van der Waals surface area contributed by atoms with Gasteiger partial charge in [-0.2, -0.15) is 0 Å². The first-order chi connectivity index (χ1) is 8.72. The number of aliphatic hydroxyl groups is 5. The molecule has 0 aromatic carbocycles. The van der Waals surface area contributed by atoms with Gasteiger partial charge in [0.1, 0.15) is 24.4 Å². The third-order valence-electron chi connectivity index (χ3n) is 2.46. The van der Waals surface area contributed by atoms with Crippen molar-refractivity contribution in [1.29, 1.82) is 0 Å². The number of aliphatic carboxylic acids is 1. The average Bonchev–Trinajstić information content (AvgIpc) is 2.35. The van der Waals surface area contributed by atoms with Crippen molar-refractivity contribution in [3.8, 4) is 0 Å². The zero-order valence-electron chi connectivity index (χ0n) is 10.2. The molecule has 0 saturated carbocycles. The minimum atomic E-state index is -2.00. The van der Waals surface area contributed by atoms with Crippen molar-refractivity contribution in [3.05, 3.63) is 0 Å². The number of rotatable bonds is 9. The summed E-state index contributed by atoms with van der Waals surface area (Å²) >= 11 is 0. The monoisotopic (exact) mass is 282 g/mol. The fourth-order valence-corrected chi connectivity index (χ4v) is 1.32. The number of hydrogen-bond acceptors (Lipinski definition) is 8. The van der Waals surface area contributed by atoms with Crippen molar-refractivity contribution in [1.82, 2.24) is 0 Å². The molecule has 0 aliphatic carbocycles. The number of carboxylic acids is 1. The minimum absolute atomic E-state index is 0.324. The van der Waals surface area contributed by atoms with E-state index >= 15 is 0 Å². The SMILES string of the molecule is COC[C@@H](O)[C@@H](O)[C@H](O)[C@H](O)[C@@H](O)CC(=O)C(=O)O. The smallest absolute Gasteiger partial charge is 0.372 e. The molecule has 0 aromatic rings. The van der Waals surface area contributed by atoms with E-state index in [2.05, 4.69) is 4.74 Å². The van der Waals surface area contributed by atoms with E-state index in [-0.39, 0.29) is 6.61 Å². The second-order valence-electron chi connectivity index (χ2n) is 3.99. The van der Waals surface area contributed by atoms with E-state index in [4.69, 9.17) is 5.11 Å². The molecule has 6 N–H and O–H groups in total. The van der Waals surface area contributed by atoms with Gasteiger partial charge < -0.3 is 35.4 Å². The van der Waals surface area contributed by atoms with Gasteiger partial charge in [-0.1, -0.05) is 0 Å². The van der Waals surface area contributed by atoms with Gasteiger partial charge in [0.2, 0.25) is 5.78 Å². The molecule has 0 saturated heterocycles. The standard InChI is InChI=1S/C10H18O9/c1-19-3-6(13)8(15)9(16)7(14)4(11)2-5(12)10(17)18/h4,6-9,11,13-16H,2-3H2,1H3,(H,17,18)/t4-,6+,7+,8+,9+/m0/s1. The third kappa shape index (κ3) is 5.59. The molecule has 0 amide bonds. The summed E-state index contributed by atoms with van der Waals surface area (Å²) in [6.45, 7) is -0.324. The van der Waals surface area contributed by atoms with E-state index in [1.165, 1.54) is 7.11 Å². The summed E-state index contributed by atoms with van der Waals surface area (Å²) in [4.78, 5) is 21.0. The van der Waals surface area contributed by atoms with Gasteiger partial charge in [-0.05, 0) is 0 Å².